The Bertz CT molecular complexity index is 705. The third kappa shape index (κ3) is 2.21. The van der Waals surface area contributed by atoms with E-state index in [9.17, 15) is 4.79 Å². The van der Waals surface area contributed by atoms with Gasteiger partial charge in [-0.2, -0.15) is 0 Å². The Morgan fingerprint density at radius 1 is 1.18 bits per heavy atom. The molecule has 2 aromatic heterocycles. The van der Waals surface area contributed by atoms with Gasteiger partial charge in [0.05, 0.1) is 5.69 Å². The lowest BCUT2D eigenvalue weighted by molar-refractivity contribution is 0.0515. The van der Waals surface area contributed by atoms with Gasteiger partial charge < -0.3 is 9.30 Å². The van der Waals surface area contributed by atoms with Crippen LogP contribution in [0.25, 0.3) is 5.65 Å². The molecule has 0 spiro atoms. The maximum Gasteiger partial charge on any atom is 0.274 e. The number of piperidine rings is 1. The van der Waals surface area contributed by atoms with Gasteiger partial charge in [0, 0.05) is 19.3 Å². The van der Waals surface area contributed by atoms with E-state index in [1.807, 2.05) is 40.6 Å². The van der Waals surface area contributed by atoms with Crippen LogP contribution < -0.4 is 0 Å². The van der Waals surface area contributed by atoms with Crippen LogP contribution in [0.5, 0.6) is 0 Å². The molecule has 2 atom stereocenters. The summed E-state index contributed by atoms with van der Waals surface area (Å²) >= 11 is 0. The quantitative estimate of drug-likeness (QED) is 0.810. The predicted octanol–water partition coefficient (Wildman–Crippen LogP) is 3.30. The second-order valence-electron chi connectivity index (χ2n) is 6.82. The number of hydrogen-bond donors (Lipinski definition) is 0. The molecule has 2 aliphatic rings. The van der Waals surface area contributed by atoms with Gasteiger partial charge in [-0.3, -0.25) is 4.79 Å². The number of aromatic nitrogens is 2. The lowest BCUT2D eigenvalue weighted by Crippen LogP contribution is -2.45. The first-order chi connectivity index (χ1) is 10.7. The highest BCUT2D eigenvalue weighted by molar-refractivity contribution is 5.94. The van der Waals surface area contributed by atoms with Crippen molar-refractivity contribution in [2.75, 3.05) is 13.1 Å². The molecule has 1 aliphatic heterocycles. The van der Waals surface area contributed by atoms with Crippen LogP contribution >= 0.6 is 0 Å². The molecule has 0 radical (unpaired) electrons. The van der Waals surface area contributed by atoms with Gasteiger partial charge in [-0.25, -0.2) is 4.98 Å². The minimum atomic E-state index is 0.116. The normalized spacial score (nSPS) is 25.2. The summed E-state index contributed by atoms with van der Waals surface area (Å²) in [6.45, 7) is 3.81. The highest BCUT2D eigenvalue weighted by Crippen LogP contribution is 2.36. The fraction of sp³-hybridized carbons (Fsp3) is 0.556. The molecule has 4 rings (SSSR count). The lowest BCUT2D eigenvalue weighted by atomic mass is 9.75. The van der Waals surface area contributed by atoms with Gasteiger partial charge in [0.25, 0.3) is 5.91 Å². The maximum atomic E-state index is 12.9. The first-order valence-corrected chi connectivity index (χ1v) is 8.47. The Hall–Kier alpha value is -1.84. The molecular formula is C18H23N3O. The van der Waals surface area contributed by atoms with Crippen LogP contribution in [0.4, 0.5) is 0 Å². The first-order valence-electron chi connectivity index (χ1n) is 8.47. The minimum Gasteiger partial charge on any atom is -0.337 e. The molecule has 3 heterocycles. The van der Waals surface area contributed by atoms with Gasteiger partial charge in [0.15, 0.2) is 0 Å². The average molecular weight is 297 g/mol. The molecule has 0 N–H and O–H groups in total. The van der Waals surface area contributed by atoms with Gasteiger partial charge in [-0.05, 0) is 43.7 Å². The zero-order chi connectivity index (χ0) is 15.1. The van der Waals surface area contributed by atoms with E-state index in [4.69, 9.17) is 0 Å². The van der Waals surface area contributed by atoms with E-state index >= 15 is 0 Å². The van der Waals surface area contributed by atoms with Crippen LogP contribution in [0, 0.1) is 18.8 Å². The zero-order valence-corrected chi connectivity index (χ0v) is 13.2. The summed E-state index contributed by atoms with van der Waals surface area (Å²) in [7, 11) is 0. The van der Waals surface area contributed by atoms with Crippen LogP contribution in [0.15, 0.2) is 24.4 Å². The number of carbonyl (C=O) groups is 1. The van der Waals surface area contributed by atoms with Crippen molar-refractivity contribution in [3.63, 3.8) is 0 Å². The van der Waals surface area contributed by atoms with Crippen LogP contribution in [0.3, 0.4) is 0 Å². The van der Waals surface area contributed by atoms with Gasteiger partial charge in [0.2, 0.25) is 0 Å². The zero-order valence-electron chi connectivity index (χ0n) is 13.2. The van der Waals surface area contributed by atoms with Gasteiger partial charge >= 0.3 is 0 Å². The van der Waals surface area contributed by atoms with Crippen molar-refractivity contribution in [3.05, 3.63) is 35.8 Å². The summed E-state index contributed by atoms with van der Waals surface area (Å²) in [5.41, 5.74) is 2.43. The molecule has 4 nitrogen and oxygen atoms in total. The molecule has 1 amide bonds. The van der Waals surface area contributed by atoms with Crippen molar-refractivity contribution in [2.24, 2.45) is 11.8 Å². The fourth-order valence-corrected chi connectivity index (χ4v) is 4.26. The summed E-state index contributed by atoms with van der Waals surface area (Å²) in [6.07, 6.45) is 8.50. The van der Waals surface area contributed by atoms with Crippen molar-refractivity contribution < 1.29 is 4.79 Å². The summed E-state index contributed by atoms with van der Waals surface area (Å²) < 4.78 is 2.00. The fourth-order valence-electron chi connectivity index (χ4n) is 4.26. The van der Waals surface area contributed by atoms with Crippen LogP contribution in [0.1, 0.15) is 48.3 Å². The average Bonchev–Trinajstić information content (AvgIpc) is 2.91. The van der Waals surface area contributed by atoms with Crippen molar-refractivity contribution in [1.82, 2.24) is 14.3 Å². The topological polar surface area (TPSA) is 37.6 Å². The number of imidazole rings is 1. The number of fused-ring (bicyclic) bond motifs is 2. The molecule has 1 saturated heterocycles. The Labute approximate surface area is 131 Å². The number of likely N-dealkylation sites (tertiary alicyclic amines) is 1. The van der Waals surface area contributed by atoms with E-state index in [1.54, 1.807) is 0 Å². The third-order valence-electron chi connectivity index (χ3n) is 5.55. The number of pyridine rings is 1. The van der Waals surface area contributed by atoms with E-state index in [1.165, 1.54) is 32.1 Å². The van der Waals surface area contributed by atoms with E-state index in [-0.39, 0.29) is 5.91 Å². The van der Waals surface area contributed by atoms with E-state index in [0.717, 1.165) is 30.3 Å². The highest BCUT2D eigenvalue weighted by Gasteiger charge is 2.34. The van der Waals surface area contributed by atoms with Gasteiger partial charge in [-0.15, -0.1) is 0 Å². The number of hydrogen-bond acceptors (Lipinski definition) is 2. The Balaban J connectivity index is 1.59. The number of amides is 1. The molecule has 116 valence electrons. The Morgan fingerprint density at radius 3 is 2.82 bits per heavy atom. The standard InChI is InChI=1S/C18H23N3O/c1-13-17(19-16-8-4-5-10-21(13)16)18(22)20-11-9-14-6-2-3-7-15(14)12-20/h4-5,8,10,14-15H,2-3,6-7,9,11-12H2,1H3/t14-,15-/m0/s1. The SMILES string of the molecule is Cc1c(C(=O)N2CC[C@@H]3CCCC[C@H]3C2)nc2ccccn12. The van der Waals surface area contributed by atoms with Gasteiger partial charge in [0.1, 0.15) is 11.3 Å². The maximum absolute atomic E-state index is 12.9. The summed E-state index contributed by atoms with van der Waals surface area (Å²) in [6, 6.07) is 5.89. The van der Waals surface area contributed by atoms with Crippen LogP contribution in [0.2, 0.25) is 0 Å². The van der Waals surface area contributed by atoms with Crippen LogP contribution in [-0.2, 0) is 0 Å². The third-order valence-corrected chi connectivity index (χ3v) is 5.55. The molecule has 2 fully saturated rings. The molecule has 1 saturated carbocycles. The summed E-state index contributed by atoms with van der Waals surface area (Å²) in [4.78, 5) is 19.5. The first kappa shape index (κ1) is 13.8. The molecular weight excluding hydrogens is 274 g/mol. The smallest absolute Gasteiger partial charge is 0.274 e. The van der Waals surface area contributed by atoms with Crippen molar-refractivity contribution in [3.8, 4) is 0 Å². The van der Waals surface area contributed by atoms with E-state index < -0.39 is 0 Å². The molecule has 22 heavy (non-hydrogen) atoms. The number of nitrogens with zero attached hydrogens (tertiary/aromatic N) is 3. The molecule has 0 unspecified atom stereocenters. The number of aryl methyl sites for hydroxylation is 1. The molecule has 0 bridgehead atoms. The van der Waals surface area contributed by atoms with Crippen molar-refractivity contribution in [2.45, 2.75) is 39.0 Å². The molecule has 0 aromatic carbocycles. The number of carbonyl (C=O) groups excluding carboxylic acids is 1. The molecule has 1 aliphatic carbocycles. The lowest BCUT2D eigenvalue weighted by Gasteiger charge is -2.41. The van der Waals surface area contributed by atoms with E-state index in [0.29, 0.717) is 11.6 Å². The van der Waals surface area contributed by atoms with Gasteiger partial charge in [-0.1, -0.05) is 25.3 Å². The Morgan fingerprint density at radius 2 is 2.00 bits per heavy atom. The monoisotopic (exact) mass is 297 g/mol. The van der Waals surface area contributed by atoms with Crippen molar-refractivity contribution >= 4 is 11.6 Å². The minimum absolute atomic E-state index is 0.116. The largest absolute Gasteiger partial charge is 0.337 e. The summed E-state index contributed by atoms with van der Waals surface area (Å²) in [5.74, 6) is 1.67. The second kappa shape index (κ2) is 5.41. The Kier molecular flexibility index (Phi) is 3.40. The highest BCUT2D eigenvalue weighted by atomic mass is 16.2. The summed E-state index contributed by atoms with van der Waals surface area (Å²) in [5, 5.41) is 0. The predicted molar refractivity (Wildman–Crippen MR) is 85.9 cm³/mol. The van der Waals surface area contributed by atoms with Crippen molar-refractivity contribution in [1.29, 1.82) is 0 Å². The molecule has 4 heteroatoms. The molecule has 2 aromatic rings. The number of rotatable bonds is 1. The van der Waals surface area contributed by atoms with Crippen LogP contribution in [-0.4, -0.2) is 33.3 Å². The second-order valence-corrected chi connectivity index (χ2v) is 6.82. The van der Waals surface area contributed by atoms with E-state index in [2.05, 4.69) is 4.98 Å².